The van der Waals surface area contributed by atoms with Crippen molar-refractivity contribution in [3.8, 4) is 0 Å². The van der Waals surface area contributed by atoms with Gasteiger partial charge < -0.3 is 15.0 Å². The van der Waals surface area contributed by atoms with Crippen LogP contribution in [0.2, 0.25) is 0 Å². The summed E-state index contributed by atoms with van der Waals surface area (Å²) in [7, 11) is -3.50. The maximum Gasteiger partial charge on any atom is 0.317 e. The van der Waals surface area contributed by atoms with Crippen molar-refractivity contribution in [3.63, 3.8) is 0 Å². The smallest absolute Gasteiger partial charge is 0.317 e. The summed E-state index contributed by atoms with van der Waals surface area (Å²) in [6.45, 7) is 6.79. The number of carbonyl (C=O) groups is 1. The molecule has 2 saturated heterocycles. The van der Waals surface area contributed by atoms with Crippen LogP contribution in [-0.4, -0.2) is 68.6 Å². The van der Waals surface area contributed by atoms with E-state index in [9.17, 15) is 13.2 Å². The van der Waals surface area contributed by atoms with Gasteiger partial charge in [0.25, 0.3) is 0 Å². The molecule has 2 aliphatic rings. The van der Waals surface area contributed by atoms with E-state index in [1.807, 2.05) is 24.8 Å². The molecule has 0 radical (unpaired) electrons. The molecule has 0 aromatic heterocycles. The standard InChI is InChI=1S/C21H33N3O4S/c1-3-11-22-21(25)24(19-9-14-28-15-10-19)18-7-12-23(13-8-18)29(26,27)20-6-4-5-17(2)16-20/h4-6,16,18-19H,3,7-15H2,1-2H3,(H,22,25). The number of nitrogens with one attached hydrogen (secondary N) is 1. The molecule has 0 unspecified atom stereocenters. The van der Waals surface area contributed by atoms with E-state index in [2.05, 4.69) is 5.32 Å². The van der Waals surface area contributed by atoms with Crippen molar-refractivity contribution >= 4 is 16.1 Å². The number of sulfonamides is 1. The summed E-state index contributed by atoms with van der Waals surface area (Å²) in [6, 6.07) is 7.23. The second-order valence-electron chi connectivity index (χ2n) is 7.93. The number of benzene rings is 1. The van der Waals surface area contributed by atoms with Crippen LogP contribution >= 0.6 is 0 Å². The minimum atomic E-state index is -3.50. The Hall–Kier alpha value is -1.64. The highest BCUT2D eigenvalue weighted by Crippen LogP contribution is 2.27. The zero-order valence-electron chi connectivity index (χ0n) is 17.5. The number of aryl methyl sites for hydroxylation is 1. The van der Waals surface area contributed by atoms with E-state index >= 15 is 0 Å². The number of carbonyl (C=O) groups excluding carboxylic acids is 1. The van der Waals surface area contributed by atoms with Gasteiger partial charge in [-0.05, 0) is 56.7 Å². The lowest BCUT2D eigenvalue weighted by molar-refractivity contribution is 0.0255. The lowest BCUT2D eigenvalue weighted by Crippen LogP contribution is -2.56. The molecule has 1 aromatic carbocycles. The molecule has 2 amide bonds. The van der Waals surface area contributed by atoms with Gasteiger partial charge in [-0.3, -0.25) is 0 Å². The molecule has 7 nitrogen and oxygen atoms in total. The van der Waals surface area contributed by atoms with E-state index in [1.54, 1.807) is 22.5 Å². The fourth-order valence-corrected chi connectivity index (χ4v) is 5.78. The van der Waals surface area contributed by atoms with Crippen LogP contribution in [0.25, 0.3) is 0 Å². The molecule has 1 aromatic rings. The second-order valence-corrected chi connectivity index (χ2v) is 9.87. The number of rotatable bonds is 6. The van der Waals surface area contributed by atoms with Gasteiger partial charge in [0.15, 0.2) is 0 Å². The van der Waals surface area contributed by atoms with Crippen molar-refractivity contribution < 1.29 is 17.9 Å². The highest BCUT2D eigenvalue weighted by atomic mass is 32.2. The summed E-state index contributed by atoms with van der Waals surface area (Å²) in [5.74, 6) is 0. The molecule has 0 atom stereocenters. The summed E-state index contributed by atoms with van der Waals surface area (Å²) in [6.07, 6.45) is 3.87. The van der Waals surface area contributed by atoms with Crippen molar-refractivity contribution in [2.24, 2.45) is 0 Å². The molecule has 29 heavy (non-hydrogen) atoms. The fraction of sp³-hybridized carbons (Fsp3) is 0.667. The monoisotopic (exact) mass is 423 g/mol. The highest BCUT2D eigenvalue weighted by Gasteiger charge is 2.36. The first kappa shape index (κ1) is 22.1. The average Bonchev–Trinajstić information content (AvgIpc) is 2.73. The third-order valence-corrected chi connectivity index (χ3v) is 7.68. The predicted octanol–water partition coefficient (Wildman–Crippen LogP) is 2.75. The minimum absolute atomic E-state index is 0.0289. The minimum Gasteiger partial charge on any atom is -0.381 e. The topological polar surface area (TPSA) is 79.0 Å². The van der Waals surface area contributed by atoms with E-state index in [-0.39, 0.29) is 18.1 Å². The molecule has 1 N–H and O–H groups in total. The zero-order valence-corrected chi connectivity index (χ0v) is 18.3. The van der Waals surface area contributed by atoms with Gasteiger partial charge in [-0.25, -0.2) is 13.2 Å². The Kier molecular flexibility index (Phi) is 7.54. The summed E-state index contributed by atoms with van der Waals surface area (Å²) in [4.78, 5) is 15.2. The van der Waals surface area contributed by atoms with Gasteiger partial charge in [0, 0.05) is 44.9 Å². The average molecular weight is 424 g/mol. The molecular formula is C21H33N3O4S. The van der Waals surface area contributed by atoms with E-state index in [4.69, 9.17) is 4.74 Å². The van der Waals surface area contributed by atoms with Crippen LogP contribution in [0.4, 0.5) is 4.79 Å². The molecule has 0 aliphatic carbocycles. The maximum absolute atomic E-state index is 13.0. The van der Waals surface area contributed by atoms with Crippen molar-refractivity contribution in [2.75, 3.05) is 32.8 Å². The number of hydrogen-bond acceptors (Lipinski definition) is 4. The Balaban J connectivity index is 1.69. The lowest BCUT2D eigenvalue weighted by Gasteiger charge is -2.43. The first-order valence-electron chi connectivity index (χ1n) is 10.6. The van der Waals surface area contributed by atoms with Gasteiger partial charge in [-0.15, -0.1) is 0 Å². The van der Waals surface area contributed by atoms with Crippen molar-refractivity contribution in [2.45, 2.75) is 62.9 Å². The Morgan fingerprint density at radius 3 is 2.45 bits per heavy atom. The molecule has 0 saturated carbocycles. The summed E-state index contributed by atoms with van der Waals surface area (Å²) in [5, 5.41) is 3.01. The molecular weight excluding hydrogens is 390 g/mol. The van der Waals surface area contributed by atoms with Gasteiger partial charge in [-0.1, -0.05) is 19.1 Å². The normalized spacial score (nSPS) is 19.8. The van der Waals surface area contributed by atoms with Crippen molar-refractivity contribution in [1.29, 1.82) is 0 Å². The number of nitrogens with zero attached hydrogens (tertiary/aromatic N) is 2. The summed E-state index contributed by atoms with van der Waals surface area (Å²) < 4.78 is 33.1. The Labute approximate surface area is 174 Å². The molecule has 2 aliphatic heterocycles. The molecule has 0 bridgehead atoms. The molecule has 0 spiro atoms. The van der Waals surface area contributed by atoms with Crippen LogP contribution in [0.5, 0.6) is 0 Å². The van der Waals surface area contributed by atoms with Crippen LogP contribution in [0.1, 0.15) is 44.6 Å². The van der Waals surface area contributed by atoms with Gasteiger partial charge in [-0.2, -0.15) is 4.31 Å². The van der Waals surface area contributed by atoms with E-state index < -0.39 is 10.0 Å². The third kappa shape index (κ3) is 5.29. The number of urea groups is 1. The third-order valence-electron chi connectivity index (χ3n) is 5.79. The Bertz CT molecular complexity index is 785. The van der Waals surface area contributed by atoms with Gasteiger partial charge in [0.1, 0.15) is 0 Å². The number of amides is 2. The van der Waals surface area contributed by atoms with Gasteiger partial charge in [0.2, 0.25) is 10.0 Å². The quantitative estimate of drug-likeness (QED) is 0.763. The summed E-state index contributed by atoms with van der Waals surface area (Å²) >= 11 is 0. The lowest BCUT2D eigenvalue weighted by atomic mass is 9.99. The fourth-order valence-electron chi connectivity index (χ4n) is 4.20. The van der Waals surface area contributed by atoms with Crippen molar-refractivity contribution in [1.82, 2.24) is 14.5 Å². The van der Waals surface area contributed by atoms with Crippen LogP contribution < -0.4 is 5.32 Å². The van der Waals surface area contributed by atoms with Crippen LogP contribution in [0, 0.1) is 6.92 Å². The largest absolute Gasteiger partial charge is 0.381 e. The van der Waals surface area contributed by atoms with Gasteiger partial charge in [0.05, 0.1) is 4.90 Å². The molecule has 8 heteroatoms. The Morgan fingerprint density at radius 1 is 1.17 bits per heavy atom. The van der Waals surface area contributed by atoms with Crippen molar-refractivity contribution in [3.05, 3.63) is 29.8 Å². The zero-order chi connectivity index (χ0) is 20.9. The number of hydrogen-bond donors (Lipinski definition) is 1. The van der Waals surface area contributed by atoms with Crippen LogP contribution in [-0.2, 0) is 14.8 Å². The number of ether oxygens (including phenoxy) is 1. The highest BCUT2D eigenvalue weighted by molar-refractivity contribution is 7.89. The molecule has 3 rings (SSSR count). The molecule has 2 heterocycles. The summed E-state index contributed by atoms with van der Waals surface area (Å²) in [5.41, 5.74) is 0.930. The van der Waals surface area contributed by atoms with E-state index in [0.717, 1.165) is 24.8 Å². The first-order chi connectivity index (χ1) is 13.9. The number of piperidine rings is 1. The van der Waals surface area contributed by atoms with Crippen LogP contribution in [0.3, 0.4) is 0 Å². The molecule has 2 fully saturated rings. The first-order valence-corrected chi connectivity index (χ1v) is 12.1. The Morgan fingerprint density at radius 2 is 1.83 bits per heavy atom. The van der Waals surface area contributed by atoms with E-state index in [1.165, 1.54) is 0 Å². The van der Waals surface area contributed by atoms with Gasteiger partial charge >= 0.3 is 6.03 Å². The van der Waals surface area contributed by atoms with E-state index in [0.29, 0.717) is 50.6 Å². The molecule has 162 valence electrons. The SMILES string of the molecule is CCCNC(=O)N(C1CCOCC1)C1CCN(S(=O)(=O)c2cccc(C)c2)CC1. The second kappa shape index (κ2) is 9.91. The maximum atomic E-state index is 13.0. The predicted molar refractivity (Wildman–Crippen MR) is 112 cm³/mol. The van der Waals surface area contributed by atoms with Crippen LogP contribution in [0.15, 0.2) is 29.2 Å².